The van der Waals surface area contributed by atoms with E-state index in [1.807, 2.05) is 0 Å². The van der Waals surface area contributed by atoms with Gasteiger partial charge in [-0.2, -0.15) is 0 Å². The molecule has 1 amide bonds. The molecule has 28 heavy (non-hydrogen) atoms. The Kier molecular flexibility index (Phi) is 7.46. The van der Waals surface area contributed by atoms with E-state index in [4.69, 9.17) is 4.74 Å². The van der Waals surface area contributed by atoms with Crippen LogP contribution in [0.25, 0.3) is 0 Å². The number of nitrogens with one attached hydrogen (secondary N) is 3. The van der Waals surface area contributed by atoms with Crippen molar-refractivity contribution >= 4 is 5.91 Å². The molecule has 3 rings (SSSR count). The van der Waals surface area contributed by atoms with Gasteiger partial charge in [-0.25, -0.2) is 5.43 Å². The molecule has 0 aromatic heterocycles. The van der Waals surface area contributed by atoms with Crippen LogP contribution in [0.4, 0.5) is 0 Å². The summed E-state index contributed by atoms with van der Waals surface area (Å²) < 4.78 is 5.80. The van der Waals surface area contributed by atoms with Gasteiger partial charge < -0.3 is 10.1 Å². The minimum atomic E-state index is -0.145. The van der Waals surface area contributed by atoms with Crippen molar-refractivity contribution in [2.24, 2.45) is 5.92 Å². The third-order valence-corrected chi connectivity index (χ3v) is 5.45. The maximum Gasteiger partial charge on any atom is 0.238 e. The number of nitrogens with zero attached hydrogens (tertiary/aromatic N) is 1. The van der Waals surface area contributed by atoms with Crippen molar-refractivity contribution in [3.05, 3.63) is 35.4 Å². The Morgan fingerprint density at radius 2 is 1.79 bits per heavy atom. The highest BCUT2D eigenvalue weighted by atomic mass is 16.5. The Morgan fingerprint density at radius 3 is 2.43 bits per heavy atom. The molecule has 2 aliphatic heterocycles. The van der Waals surface area contributed by atoms with E-state index < -0.39 is 0 Å². The zero-order valence-electron chi connectivity index (χ0n) is 17.7. The number of benzene rings is 1. The molecule has 2 fully saturated rings. The number of morpholine rings is 1. The standard InChI is InChI=1S/C22H36N4O2/c1-15(2)9-20-10-21(25-24-20)22(27)23-11-18-5-7-19(8-6-18)14-26-12-16(3)28-17(4)13-26/h5-8,15-17,20-21,24-25H,9-14H2,1-4H3,(H,23,27). The molecule has 4 atom stereocenters. The van der Waals surface area contributed by atoms with Crippen LogP contribution >= 0.6 is 0 Å². The van der Waals surface area contributed by atoms with E-state index in [2.05, 4.69) is 73.0 Å². The van der Waals surface area contributed by atoms with Crippen molar-refractivity contribution < 1.29 is 9.53 Å². The minimum Gasteiger partial charge on any atom is -0.373 e. The van der Waals surface area contributed by atoms with Gasteiger partial charge >= 0.3 is 0 Å². The molecule has 2 heterocycles. The van der Waals surface area contributed by atoms with Crippen LogP contribution < -0.4 is 16.2 Å². The van der Waals surface area contributed by atoms with Crippen LogP contribution in [0.1, 0.15) is 51.7 Å². The molecule has 0 saturated carbocycles. The van der Waals surface area contributed by atoms with Crippen LogP contribution in [0.15, 0.2) is 24.3 Å². The second-order valence-corrected chi connectivity index (χ2v) is 8.89. The fraction of sp³-hybridized carbons (Fsp3) is 0.682. The van der Waals surface area contributed by atoms with E-state index in [0.717, 1.165) is 38.0 Å². The molecule has 4 unspecified atom stereocenters. The molecule has 1 aromatic rings. The first-order valence-electron chi connectivity index (χ1n) is 10.6. The molecular formula is C22H36N4O2. The molecule has 0 bridgehead atoms. The van der Waals surface area contributed by atoms with Crippen molar-refractivity contribution in [3.63, 3.8) is 0 Å². The summed E-state index contributed by atoms with van der Waals surface area (Å²) in [6, 6.07) is 8.80. The first-order valence-corrected chi connectivity index (χ1v) is 10.6. The molecule has 156 valence electrons. The number of ether oxygens (including phenoxy) is 1. The number of rotatable bonds is 7. The molecule has 2 saturated heterocycles. The monoisotopic (exact) mass is 388 g/mol. The number of hydrogen-bond acceptors (Lipinski definition) is 5. The van der Waals surface area contributed by atoms with Gasteiger partial charge in [0.2, 0.25) is 5.91 Å². The van der Waals surface area contributed by atoms with Gasteiger partial charge in [-0.1, -0.05) is 38.1 Å². The summed E-state index contributed by atoms with van der Waals surface area (Å²) in [5.74, 6) is 0.697. The second-order valence-electron chi connectivity index (χ2n) is 8.89. The van der Waals surface area contributed by atoms with E-state index in [1.165, 1.54) is 5.56 Å². The highest BCUT2D eigenvalue weighted by Crippen LogP contribution is 2.16. The third-order valence-electron chi connectivity index (χ3n) is 5.45. The number of hydrazine groups is 1. The van der Waals surface area contributed by atoms with Crippen LogP contribution in [-0.4, -0.2) is 48.2 Å². The predicted molar refractivity (Wildman–Crippen MR) is 111 cm³/mol. The van der Waals surface area contributed by atoms with E-state index in [-0.39, 0.29) is 24.2 Å². The Hall–Kier alpha value is -1.47. The fourth-order valence-corrected chi connectivity index (χ4v) is 4.26. The number of hydrogen-bond donors (Lipinski definition) is 3. The maximum absolute atomic E-state index is 12.4. The average molecular weight is 389 g/mol. The first kappa shape index (κ1) is 21.2. The van der Waals surface area contributed by atoms with Crippen molar-refractivity contribution in [1.82, 2.24) is 21.1 Å². The Balaban J connectivity index is 1.42. The summed E-state index contributed by atoms with van der Waals surface area (Å²) in [5, 5.41) is 3.06. The quantitative estimate of drug-likeness (QED) is 0.668. The Labute approximate surface area is 169 Å². The maximum atomic E-state index is 12.4. The smallest absolute Gasteiger partial charge is 0.238 e. The topological polar surface area (TPSA) is 65.6 Å². The highest BCUT2D eigenvalue weighted by Gasteiger charge is 2.29. The number of carbonyl (C=O) groups is 1. The van der Waals surface area contributed by atoms with Crippen LogP contribution in [0.5, 0.6) is 0 Å². The van der Waals surface area contributed by atoms with Crippen molar-refractivity contribution in [2.45, 2.75) is 77.9 Å². The zero-order chi connectivity index (χ0) is 20.1. The summed E-state index contributed by atoms with van der Waals surface area (Å²) in [5.41, 5.74) is 8.81. The van der Waals surface area contributed by atoms with Crippen LogP contribution in [0.2, 0.25) is 0 Å². The second kappa shape index (κ2) is 9.83. The lowest BCUT2D eigenvalue weighted by atomic mass is 10.00. The average Bonchev–Trinajstić information content (AvgIpc) is 3.08. The summed E-state index contributed by atoms with van der Waals surface area (Å²) in [7, 11) is 0. The first-order chi connectivity index (χ1) is 13.4. The predicted octanol–water partition coefficient (Wildman–Crippen LogP) is 2.19. The lowest BCUT2D eigenvalue weighted by Gasteiger charge is -2.35. The van der Waals surface area contributed by atoms with Crippen LogP contribution in [0, 0.1) is 5.92 Å². The van der Waals surface area contributed by atoms with Gasteiger partial charge in [0.15, 0.2) is 0 Å². The third kappa shape index (κ3) is 6.27. The van der Waals surface area contributed by atoms with Gasteiger partial charge in [0, 0.05) is 32.2 Å². The SMILES string of the molecule is CC(C)CC1CC(C(=O)NCc2ccc(CN3CC(C)OC(C)C3)cc2)NN1. The van der Waals surface area contributed by atoms with Gasteiger partial charge in [0.25, 0.3) is 0 Å². The van der Waals surface area contributed by atoms with Crippen molar-refractivity contribution in [3.8, 4) is 0 Å². The summed E-state index contributed by atoms with van der Waals surface area (Å²) in [4.78, 5) is 14.9. The van der Waals surface area contributed by atoms with Crippen molar-refractivity contribution in [1.29, 1.82) is 0 Å². The molecule has 2 aliphatic rings. The molecule has 0 radical (unpaired) electrons. The van der Waals surface area contributed by atoms with Gasteiger partial charge in [0.05, 0.1) is 12.2 Å². The number of carbonyl (C=O) groups excluding carboxylic acids is 1. The van der Waals surface area contributed by atoms with Gasteiger partial charge in [-0.3, -0.25) is 15.1 Å². The fourth-order valence-electron chi connectivity index (χ4n) is 4.26. The highest BCUT2D eigenvalue weighted by molar-refractivity contribution is 5.82. The van der Waals surface area contributed by atoms with E-state index >= 15 is 0 Å². The largest absolute Gasteiger partial charge is 0.373 e. The Bertz CT molecular complexity index is 624. The molecule has 3 N–H and O–H groups in total. The van der Waals surface area contributed by atoms with Gasteiger partial charge in [-0.15, -0.1) is 0 Å². The molecular weight excluding hydrogens is 352 g/mol. The van der Waals surface area contributed by atoms with Crippen LogP contribution in [0.3, 0.4) is 0 Å². The summed E-state index contributed by atoms with van der Waals surface area (Å²) in [6.07, 6.45) is 2.51. The lowest BCUT2D eigenvalue weighted by Crippen LogP contribution is -2.44. The van der Waals surface area contributed by atoms with E-state index in [9.17, 15) is 4.79 Å². The number of amides is 1. The minimum absolute atomic E-state index is 0.0686. The zero-order valence-corrected chi connectivity index (χ0v) is 17.7. The Morgan fingerprint density at radius 1 is 1.14 bits per heavy atom. The summed E-state index contributed by atoms with van der Waals surface area (Å²) in [6.45, 7) is 12.1. The van der Waals surface area contributed by atoms with Crippen LogP contribution in [-0.2, 0) is 22.6 Å². The molecule has 6 heteroatoms. The van der Waals surface area contributed by atoms with E-state index in [1.54, 1.807) is 0 Å². The van der Waals surface area contributed by atoms with Gasteiger partial charge in [0.1, 0.15) is 6.04 Å². The van der Waals surface area contributed by atoms with Crippen molar-refractivity contribution in [2.75, 3.05) is 13.1 Å². The van der Waals surface area contributed by atoms with Gasteiger partial charge in [-0.05, 0) is 43.7 Å². The normalized spacial score (nSPS) is 28.6. The molecule has 0 aliphatic carbocycles. The summed E-state index contributed by atoms with van der Waals surface area (Å²) >= 11 is 0. The molecule has 0 spiro atoms. The lowest BCUT2D eigenvalue weighted by molar-refractivity contribution is -0.123. The van der Waals surface area contributed by atoms with E-state index in [0.29, 0.717) is 18.5 Å². The molecule has 1 aromatic carbocycles. The molecule has 6 nitrogen and oxygen atoms in total.